The molecule has 0 saturated carbocycles. The molecule has 1 aromatic carbocycles. The molecule has 0 bridgehead atoms. The molecule has 0 aliphatic heterocycles. The average Bonchev–Trinajstić information content (AvgIpc) is 2.86. The quantitative estimate of drug-likeness (QED) is 0.803. The lowest BCUT2D eigenvalue weighted by atomic mass is 10.2. The summed E-state index contributed by atoms with van der Waals surface area (Å²) >= 11 is 5.82. The fourth-order valence-electron chi connectivity index (χ4n) is 1.75. The number of nitrogens with zero attached hydrogens (tertiary/aromatic N) is 2. The largest absolute Gasteiger partial charge is 0.411 e. The van der Waals surface area contributed by atoms with Crippen molar-refractivity contribution < 1.29 is 21.3 Å². The fraction of sp³-hybridized carbons (Fsp3) is 0.333. The summed E-state index contributed by atoms with van der Waals surface area (Å²) in [6.07, 6.45) is 0.915. The molecule has 0 aliphatic rings. The summed E-state index contributed by atoms with van der Waals surface area (Å²) in [5, 5.41) is 6.79. The van der Waals surface area contributed by atoms with Crippen molar-refractivity contribution in [3.05, 3.63) is 40.7 Å². The summed E-state index contributed by atoms with van der Waals surface area (Å²) in [6.45, 7) is 1.47. The Bertz CT molecular complexity index is 908. The number of aromatic nitrogens is 2. The molecule has 0 aliphatic carbocycles. The molecule has 0 saturated heterocycles. The van der Waals surface area contributed by atoms with Gasteiger partial charge in [-0.05, 0) is 24.6 Å². The van der Waals surface area contributed by atoms with Crippen LogP contribution in [0.15, 0.2) is 33.9 Å². The van der Waals surface area contributed by atoms with Crippen LogP contribution in [-0.4, -0.2) is 33.3 Å². The van der Waals surface area contributed by atoms with E-state index in [1.165, 1.54) is 6.92 Å². The summed E-state index contributed by atoms with van der Waals surface area (Å²) in [5.74, 6) is -0.426. The second-order valence-corrected chi connectivity index (χ2v) is 8.99. The van der Waals surface area contributed by atoms with Crippen LogP contribution in [0.2, 0.25) is 5.02 Å². The zero-order valence-electron chi connectivity index (χ0n) is 12.2. The minimum atomic E-state index is -3.71. The molecule has 1 atom stereocenters. The Hall–Kier alpha value is -1.49. The SMILES string of the molecule is C[C@H](NS(=O)(=O)Cc1cccc(Cl)c1)c1nnc(S(C)(=O)=O)o1. The summed E-state index contributed by atoms with van der Waals surface area (Å²) in [5.41, 5.74) is 0.513. The Balaban J connectivity index is 2.12. The minimum Gasteiger partial charge on any atom is -0.411 e. The highest BCUT2D eigenvalue weighted by Crippen LogP contribution is 2.17. The summed E-state index contributed by atoms with van der Waals surface area (Å²) in [4.78, 5) is 0. The zero-order chi connectivity index (χ0) is 17.3. The Morgan fingerprint density at radius 1 is 1.26 bits per heavy atom. The second-order valence-electron chi connectivity index (χ2n) is 4.91. The summed E-state index contributed by atoms with van der Waals surface area (Å²) in [6, 6.07) is 5.58. The molecule has 1 heterocycles. The number of sulfone groups is 1. The monoisotopic (exact) mass is 379 g/mol. The first-order chi connectivity index (χ1) is 10.6. The third kappa shape index (κ3) is 4.99. The van der Waals surface area contributed by atoms with Crippen LogP contribution in [0.3, 0.4) is 0 Å². The van der Waals surface area contributed by atoms with Gasteiger partial charge in [-0.2, -0.15) is 0 Å². The maximum absolute atomic E-state index is 12.1. The Labute approximate surface area is 138 Å². The lowest BCUT2D eigenvalue weighted by molar-refractivity contribution is 0.373. The van der Waals surface area contributed by atoms with E-state index in [4.69, 9.17) is 16.0 Å². The van der Waals surface area contributed by atoms with Gasteiger partial charge in [0.25, 0.3) is 0 Å². The Morgan fingerprint density at radius 2 is 1.96 bits per heavy atom. The highest BCUT2D eigenvalue weighted by molar-refractivity contribution is 7.90. The molecule has 126 valence electrons. The Kier molecular flexibility index (Phi) is 5.09. The molecular weight excluding hydrogens is 366 g/mol. The maximum Gasteiger partial charge on any atom is 0.335 e. The van der Waals surface area contributed by atoms with Crippen molar-refractivity contribution in [2.45, 2.75) is 23.9 Å². The van der Waals surface area contributed by atoms with E-state index < -0.39 is 31.1 Å². The third-order valence-corrected chi connectivity index (χ3v) is 5.17. The molecule has 11 heteroatoms. The highest BCUT2D eigenvalue weighted by atomic mass is 35.5. The van der Waals surface area contributed by atoms with Crippen molar-refractivity contribution in [3.8, 4) is 0 Å². The number of nitrogens with one attached hydrogen (secondary N) is 1. The van der Waals surface area contributed by atoms with Gasteiger partial charge in [0.2, 0.25) is 25.8 Å². The highest BCUT2D eigenvalue weighted by Gasteiger charge is 2.23. The van der Waals surface area contributed by atoms with Crippen LogP contribution < -0.4 is 4.72 Å². The Morgan fingerprint density at radius 3 is 2.52 bits per heavy atom. The molecule has 1 N–H and O–H groups in total. The van der Waals surface area contributed by atoms with E-state index in [1.54, 1.807) is 24.3 Å². The third-order valence-electron chi connectivity index (χ3n) is 2.71. The van der Waals surface area contributed by atoms with Gasteiger partial charge >= 0.3 is 5.22 Å². The number of benzene rings is 1. The molecule has 0 radical (unpaired) electrons. The van der Waals surface area contributed by atoms with Crippen LogP contribution in [0.5, 0.6) is 0 Å². The number of hydrogen-bond acceptors (Lipinski definition) is 7. The van der Waals surface area contributed by atoms with Gasteiger partial charge in [0.15, 0.2) is 0 Å². The van der Waals surface area contributed by atoms with E-state index in [9.17, 15) is 16.8 Å². The van der Waals surface area contributed by atoms with Gasteiger partial charge in [0.05, 0.1) is 11.8 Å². The first-order valence-corrected chi connectivity index (χ1v) is 10.3. The molecule has 1 aromatic heterocycles. The molecule has 8 nitrogen and oxygen atoms in total. The fourth-order valence-corrected chi connectivity index (χ4v) is 3.73. The van der Waals surface area contributed by atoms with Crippen molar-refractivity contribution in [2.75, 3.05) is 6.26 Å². The molecule has 0 spiro atoms. The van der Waals surface area contributed by atoms with Crippen molar-refractivity contribution >= 4 is 31.5 Å². The van der Waals surface area contributed by atoms with E-state index in [0.717, 1.165) is 6.26 Å². The average molecular weight is 380 g/mol. The van der Waals surface area contributed by atoms with E-state index in [2.05, 4.69) is 14.9 Å². The van der Waals surface area contributed by atoms with Gasteiger partial charge in [-0.15, -0.1) is 5.10 Å². The summed E-state index contributed by atoms with van der Waals surface area (Å²) in [7, 11) is -7.36. The number of sulfonamides is 1. The molecule has 0 unspecified atom stereocenters. The van der Waals surface area contributed by atoms with Crippen molar-refractivity contribution in [2.24, 2.45) is 0 Å². The van der Waals surface area contributed by atoms with Gasteiger partial charge in [-0.1, -0.05) is 28.8 Å². The van der Waals surface area contributed by atoms with E-state index in [-0.39, 0.29) is 11.6 Å². The first kappa shape index (κ1) is 17.9. The molecular formula is C12H14ClN3O5S2. The van der Waals surface area contributed by atoms with Crippen LogP contribution in [0.4, 0.5) is 0 Å². The topological polar surface area (TPSA) is 119 Å². The molecule has 2 rings (SSSR count). The van der Waals surface area contributed by atoms with E-state index >= 15 is 0 Å². The lowest BCUT2D eigenvalue weighted by Crippen LogP contribution is -2.28. The molecule has 23 heavy (non-hydrogen) atoms. The van der Waals surface area contributed by atoms with Crippen molar-refractivity contribution in [3.63, 3.8) is 0 Å². The van der Waals surface area contributed by atoms with Crippen molar-refractivity contribution in [1.82, 2.24) is 14.9 Å². The lowest BCUT2D eigenvalue weighted by Gasteiger charge is -2.10. The number of rotatable bonds is 6. The van der Waals surface area contributed by atoms with Gasteiger partial charge in [-0.25, -0.2) is 21.6 Å². The van der Waals surface area contributed by atoms with Gasteiger partial charge in [0, 0.05) is 11.3 Å². The maximum atomic E-state index is 12.1. The van der Waals surface area contributed by atoms with Crippen LogP contribution in [0.25, 0.3) is 0 Å². The molecule has 0 fully saturated rings. The number of hydrogen-bond donors (Lipinski definition) is 1. The van der Waals surface area contributed by atoms with Crippen LogP contribution in [0.1, 0.15) is 24.4 Å². The zero-order valence-corrected chi connectivity index (χ0v) is 14.6. The summed E-state index contributed by atoms with van der Waals surface area (Å²) < 4.78 is 54.1. The van der Waals surface area contributed by atoms with Crippen LogP contribution in [-0.2, 0) is 25.6 Å². The van der Waals surface area contributed by atoms with E-state index in [1.807, 2.05) is 0 Å². The first-order valence-electron chi connectivity index (χ1n) is 6.35. The van der Waals surface area contributed by atoms with Gasteiger partial charge in [0.1, 0.15) is 0 Å². The van der Waals surface area contributed by atoms with Crippen molar-refractivity contribution in [1.29, 1.82) is 0 Å². The standard InChI is InChI=1S/C12H14ClN3O5S2/c1-8(11-14-15-12(21-11)22(2,17)18)16-23(19,20)7-9-4-3-5-10(13)6-9/h3-6,8,16H,7H2,1-2H3/t8-/m0/s1. The van der Waals surface area contributed by atoms with Gasteiger partial charge < -0.3 is 4.42 Å². The number of halogens is 1. The van der Waals surface area contributed by atoms with E-state index in [0.29, 0.717) is 10.6 Å². The molecule has 0 amide bonds. The van der Waals surface area contributed by atoms with Gasteiger partial charge in [-0.3, -0.25) is 0 Å². The predicted octanol–water partition coefficient (Wildman–Crippen LogP) is 1.31. The normalized spacial score (nSPS) is 13.9. The second kappa shape index (κ2) is 6.56. The predicted molar refractivity (Wildman–Crippen MR) is 83.0 cm³/mol. The van der Waals surface area contributed by atoms with Crippen LogP contribution in [0, 0.1) is 0 Å². The molecule has 2 aromatic rings. The van der Waals surface area contributed by atoms with Crippen LogP contribution >= 0.6 is 11.6 Å². The smallest absolute Gasteiger partial charge is 0.335 e. The minimum absolute atomic E-state index is 0.139.